The largest absolute Gasteiger partial charge is 0.382 e. The van der Waals surface area contributed by atoms with Gasteiger partial charge in [0.1, 0.15) is 6.10 Å². The van der Waals surface area contributed by atoms with Gasteiger partial charge in [-0.1, -0.05) is 49.3 Å². The molecule has 6 nitrogen and oxygen atoms in total. The molecule has 0 bridgehead atoms. The van der Waals surface area contributed by atoms with E-state index < -0.39 is 24.0 Å². The van der Waals surface area contributed by atoms with Gasteiger partial charge in [-0.05, 0) is 38.3 Å². The van der Waals surface area contributed by atoms with Crippen LogP contribution in [0.15, 0.2) is 18.2 Å². The van der Waals surface area contributed by atoms with E-state index in [9.17, 15) is 14.7 Å². The average molecular weight is 347 g/mol. The summed E-state index contributed by atoms with van der Waals surface area (Å²) in [5.41, 5.74) is 13.0. The smallest absolute Gasteiger partial charge is 0.269 e. The highest BCUT2D eigenvalue weighted by atomic mass is 16.3. The number of hydrogen-bond acceptors (Lipinski definition) is 4. The number of nitrogens with two attached hydrogens (primary N) is 1. The van der Waals surface area contributed by atoms with Crippen LogP contribution < -0.4 is 16.6 Å². The van der Waals surface area contributed by atoms with Crippen molar-refractivity contribution in [3.8, 4) is 0 Å². The number of aliphatic hydroxyl groups excluding tert-OH is 1. The predicted molar refractivity (Wildman–Crippen MR) is 96.7 cm³/mol. The van der Waals surface area contributed by atoms with E-state index in [1.165, 1.54) is 19.3 Å². The molecule has 0 aliphatic heterocycles. The third kappa shape index (κ3) is 5.83. The van der Waals surface area contributed by atoms with Gasteiger partial charge in [0.25, 0.3) is 11.8 Å². The van der Waals surface area contributed by atoms with Gasteiger partial charge in [0.05, 0.1) is 0 Å². The Labute approximate surface area is 149 Å². The molecule has 2 amide bonds. The zero-order valence-electron chi connectivity index (χ0n) is 15.0. The van der Waals surface area contributed by atoms with Crippen LogP contribution in [0.25, 0.3) is 0 Å². The highest BCUT2D eigenvalue weighted by Crippen LogP contribution is 2.27. The molecule has 1 saturated carbocycles. The number of carbonyl (C=O) groups excluding carboxylic acids is 2. The van der Waals surface area contributed by atoms with Gasteiger partial charge in [-0.3, -0.25) is 20.4 Å². The van der Waals surface area contributed by atoms with E-state index in [1.807, 2.05) is 19.9 Å². The highest BCUT2D eigenvalue weighted by molar-refractivity contribution is 5.96. The Bertz CT molecular complexity index is 592. The van der Waals surface area contributed by atoms with Crippen molar-refractivity contribution < 1.29 is 14.7 Å². The molecule has 1 aliphatic rings. The quantitative estimate of drug-likeness (QED) is 0.609. The van der Waals surface area contributed by atoms with Gasteiger partial charge in [0.15, 0.2) is 0 Å². The van der Waals surface area contributed by atoms with Crippen molar-refractivity contribution >= 4 is 11.8 Å². The van der Waals surface area contributed by atoms with Crippen LogP contribution in [0.2, 0.25) is 0 Å². The normalized spacial score (nSPS) is 17.6. The molecule has 0 aromatic heterocycles. The fourth-order valence-electron chi connectivity index (χ4n) is 3.50. The minimum atomic E-state index is -1.33. The monoisotopic (exact) mass is 347 g/mol. The van der Waals surface area contributed by atoms with Crippen LogP contribution in [0.3, 0.4) is 0 Å². The summed E-state index contributed by atoms with van der Waals surface area (Å²) in [5.74, 6) is -0.634. The van der Waals surface area contributed by atoms with Crippen molar-refractivity contribution in [2.75, 3.05) is 0 Å². The van der Waals surface area contributed by atoms with Gasteiger partial charge < -0.3 is 10.8 Å². The van der Waals surface area contributed by atoms with Gasteiger partial charge in [-0.25, -0.2) is 0 Å². The van der Waals surface area contributed by atoms with Gasteiger partial charge in [0.2, 0.25) is 0 Å². The van der Waals surface area contributed by atoms with Gasteiger partial charge in [0, 0.05) is 11.6 Å². The molecule has 2 rings (SSSR count). The fourth-order valence-corrected chi connectivity index (χ4v) is 3.50. The number of hydrazine groups is 1. The lowest BCUT2D eigenvalue weighted by Crippen LogP contribution is -2.52. The summed E-state index contributed by atoms with van der Waals surface area (Å²) in [4.78, 5) is 24.2. The third-order valence-electron chi connectivity index (χ3n) is 4.79. The zero-order chi connectivity index (χ0) is 18.4. The molecular formula is C19H29N3O3. The molecule has 0 saturated heterocycles. The van der Waals surface area contributed by atoms with E-state index in [-0.39, 0.29) is 0 Å². The lowest BCUT2D eigenvalue weighted by Gasteiger charge is -2.26. The van der Waals surface area contributed by atoms with Gasteiger partial charge in [-0.2, -0.15) is 0 Å². The summed E-state index contributed by atoms with van der Waals surface area (Å²) in [7, 11) is 0. The van der Waals surface area contributed by atoms with Crippen LogP contribution in [0.4, 0.5) is 0 Å². The standard InChI is InChI=1S/C19H29N3O3/c1-12-8-13(2)10-15(9-12)18(24)21-22-19(25)17(23)16(20)11-14-6-4-3-5-7-14/h8-10,14,16-17,23H,3-7,11,20H2,1-2H3,(H,21,24)(H,22,25)/t16-,17?/m1/s1. The highest BCUT2D eigenvalue weighted by Gasteiger charge is 2.26. The van der Waals surface area contributed by atoms with E-state index in [0.717, 1.165) is 24.0 Å². The number of carbonyl (C=O) groups is 2. The van der Waals surface area contributed by atoms with Crippen molar-refractivity contribution in [1.29, 1.82) is 0 Å². The number of amides is 2. The Morgan fingerprint density at radius 1 is 1.12 bits per heavy atom. The molecule has 6 heteroatoms. The van der Waals surface area contributed by atoms with Crippen LogP contribution in [0.1, 0.15) is 60.0 Å². The van der Waals surface area contributed by atoms with Crippen molar-refractivity contribution in [2.45, 2.75) is 64.5 Å². The number of benzene rings is 1. The first-order valence-corrected chi connectivity index (χ1v) is 8.99. The third-order valence-corrected chi connectivity index (χ3v) is 4.79. The zero-order valence-corrected chi connectivity index (χ0v) is 15.0. The maximum atomic E-state index is 12.1. The van der Waals surface area contributed by atoms with E-state index >= 15 is 0 Å². The second kappa shape index (κ2) is 8.97. The number of nitrogens with one attached hydrogen (secondary N) is 2. The number of hydrogen-bond donors (Lipinski definition) is 4. The average Bonchev–Trinajstić information content (AvgIpc) is 2.58. The Hall–Kier alpha value is -1.92. The molecular weight excluding hydrogens is 318 g/mol. The predicted octanol–water partition coefficient (Wildman–Crippen LogP) is 1.72. The van der Waals surface area contributed by atoms with E-state index in [1.54, 1.807) is 12.1 Å². The molecule has 1 aromatic carbocycles. The van der Waals surface area contributed by atoms with Crippen molar-refractivity contribution in [3.63, 3.8) is 0 Å². The number of rotatable bonds is 5. The molecule has 5 N–H and O–H groups in total. The van der Waals surface area contributed by atoms with Gasteiger partial charge in [-0.15, -0.1) is 0 Å². The Morgan fingerprint density at radius 2 is 1.72 bits per heavy atom. The lowest BCUT2D eigenvalue weighted by molar-refractivity contribution is -0.131. The molecule has 138 valence electrons. The van der Waals surface area contributed by atoms with E-state index in [0.29, 0.717) is 17.9 Å². The summed E-state index contributed by atoms with van der Waals surface area (Å²) in [6.07, 6.45) is 5.12. The fraction of sp³-hybridized carbons (Fsp3) is 0.579. The SMILES string of the molecule is Cc1cc(C)cc(C(=O)NNC(=O)C(O)[C@H](N)CC2CCCCC2)c1. The van der Waals surface area contributed by atoms with Crippen molar-refractivity contribution in [1.82, 2.24) is 10.9 Å². The lowest BCUT2D eigenvalue weighted by atomic mass is 9.84. The van der Waals surface area contributed by atoms with Crippen LogP contribution in [-0.2, 0) is 4.79 Å². The summed E-state index contributed by atoms with van der Waals surface area (Å²) in [6, 6.07) is 4.81. The first kappa shape index (κ1) is 19.4. The Kier molecular flexibility index (Phi) is 6.96. The van der Waals surface area contributed by atoms with Crippen molar-refractivity contribution in [3.05, 3.63) is 34.9 Å². The van der Waals surface area contributed by atoms with E-state index in [4.69, 9.17) is 5.73 Å². The van der Waals surface area contributed by atoms with Crippen LogP contribution in [-0.4, -0.2) is 29.1 Å². The first-order chi connectivity index (χ1) is 11.9. The molecule has 0 spiro atoms. The molecule has 1 aromatic rings. The minimum absolute atomic E-state index is 0.423. The summed E-state index contributed by atoms with van der Waals surface area (Å²) in [5, 5.41) is 10.1. The van der Waals surface area contributed by atoms with E-state index in [2.05, 4.69) is 10.9 Å². The molecule has 0 heterocycles. The Morgan fingerprint density at radius 3 is 2.32 bits per heavy atom. The summed E-state index contributed by atoms with van der Waals surface area (Å²) >= 11 is 0. The van der Waals surface area contributed by atoms with Gasteiger partial charge >= 0.3 is 0 Å². The second-order valence-electron chi connectivity index (χ2n) is 7.17. The molecule has 2 atom stereocenters. The molecule has 0 radical (unpaired) electrons. The molecule has 1 aliphatic carbocycles. The van der Waals surface area contributed by atoms with Crippen LogP contribution in [0.5, 0.6) is 0 Å². The Balaban J connectivity index is 1.82. The van der Waals surface area contributed by atoms with Crippen LogP contribution in [0, 0.1) is 19.8 Å². The molecule has 1 unspecified atom stereocenters. The first-order valence-electron chi connectivity index (χ1n) is 8.99. The topological polar surface area (TPSA) is 104 Å². The maximum absolute atomic E-state index is 12.1. The number of aryl methyl sites for hydroxylation is 2. The summed E-state index contributed by atoms with van der Waals surface area (Å²) < 4.78 is 0. The molecule has 25 heavy (non-hydrogen) atoms. The maximum Gasteiger partial charge on any atom is 0.269 e. The van der Waals surface area contributed by atoms with Crippen LogP contribution >= 0.6 is 0 Å². The second-order valence-corrected chi connectivity index (χ2v) is 7.17. The van der Waals surface area contributed by atoms with Crippen molar-refractivity contribution in [2.24, 2.45) is 11.7 Å². The molecule has 1 fully saturated rings. The minimum Gasteiger partial charge on any atom is -0.382 e. The number of aliphatic hydroxyl groups is 1. The summed E-state index contributed by atoms with van der Waals surface area (Å²) in [6.45, 7) is 3.80.